The van der Waals surface area contributed by atoms with Crippen LogP contribution in [0.5, 0.6) is 0 Å². The van der Waals surface area contributed by atoms with E-state index < -0.39 is 11.5 Å². The van der Waals surface area contributed by atoms with Gasteiger partial charge in [-0.3, -0.25) is 14.5 Å². The van der Waals surface area contributed by atoms with E-state index in [1.165, 1.54) is 12.1 Å². The predicted molar refractivity (Wildman–Crippen MR) is 112 cm³/mol. The summed E-state index contributed by atoms with van der Waals surface area (Å²) in [5, 5.41) is 2.90. The second-order valence-corrected chi connectivity index (χ2v) is 8.39. The second-order valence-electron chi connectivity index (χ2n) is 8.39. The average Bonchev–Trinajstić information content (AvgIpc) is 2.70. The first-order valence-electron chi connectivity index (χ1n) is 9.90. The number of hydrogen-bond donors (Lipinski definition) is 1. The number of nitrogens with zero attached hydrogens (tertiary/aromatic N) is 2. The van der Waals surface area contributed by atoms with E-state index in [0.29, 0.717) is 31.9 Å². The van der Waals surface area contributed by atoms with Crippen LogP contribution in [0.25, 0.3) is 0 Å². The van der Waals surface area contributed by atoms with Gasteiger partial charge in [-0.05, 0) is 29.8 Å². The Balaban J connectivity index is 1.76. The lowest BCUT2D eigenvalue weighted by Crippen LogP contribution is -2.53. The third kappa shape index (κ3) is 5.21. The van der Waals surface area contributed by atoms with Crippen molar-refractivity contribution in [2.75, 3.05) is 31.5 Å². The molecule has 0 bridgehead atoms. The molecule has 1 saturated heterocycles. The number of anilines is 1. The molecule has 1 N–H and O–H groups in total. The fraction of sp³-hybridized carbons (Fsp3) is 0.391. The Labute approximate surface area is 171 Å². The smallest absolute Gasteiger partial charge is 0.246 e. The number of rotatable bonds is 4. The standard InChI is InChI=1S/C23H28FN3O2/c1-23(2,3)22(29)27-15-13-26(14-16-27)20(17-7-5-4-6-8-17)21(28)25-19-11-9-18(24)10-12-19/h4-12,20H,13-16H2,1-3H3,(H,25,28). The normalized spacial score (nSPS) is 16.3. The van der Waals surface area contributed by atoms with Gasteiger partial charge in [-0.2, -0.15) is 0 Å². The predicted octanol–water partition coefficient (Wildman–Crippen LogP) is 3.70. The molecule has 2 aromatic carbocycles. The molecule has 0 spiro atoms. The van der Waals surface area contributed by atoms with E-state index in [2.05, 4.69) is 10.2 Å². The minimum absolute atomic E-state index is 0.129. The van der Waals surface area contributed by atoms with Crippen LogP contribution in [0, 0.1) is 11.2 Å². The Morgan fingerprint density at radius 3 is 2.07 bits per heavy atom. The molecule has 2 aromatic rings. The molecule has 29 heavy (non-hydrogen) atoms. The van der Waals surface area contributed by atoms with E-state index in [-0.39, 0.29) is 17.6 Å². The quantitative estimate of drug-likeness (QED) is 0.856. The fourth-order valence-corrected chi connectivity index (χ4v) is 3.56. The van der Waals surface area contributed by atoms with Gasteiger partial charge < -0.3 is 10.2 Å². The molecule has 154 valence electrons. The van der Waals surface area contributed by atoms with Crippen LogP contribution in [0.4, 0.5) is 10.1 Å². The van der Waals surface area contributed by atoms with Crippen LogP contribution in [0.15, 0.2) is 54.6 Å². The molecular formula is C23H28FN3O2. The summed E-state index contributed by atoms with van der Waals surface area (Å²) in [6.07, 6.45) is 0. The Morgan fingerprint density at radius 1 is 0.931 bits per heavy atom. The molecule has 1 fully saturated rings. The summed E-state index contributed by atoms with van der Waals surface area (Å²) in [4.78, 5) is 29.7. The third-order valence-electron chi connectivity index (χ3n) is 5.08. The highest BCUT2D eigenvalue weighted by Gasteiger charge is 2.34. The van der Waals surface area contributed by atoms with Gasteiger partial charge in [0.25, 0.3) is 0 Å². The molecule has 1 unspecified atom stereocenters. The van der Waals surface area contributed by atoms with E-state index >= 15 is 0 Å². The molecule has 0 aliphatic carbocycles. The topological polar surface area (TPSA) is 52.7 Å². The maximum absolute atomic E-state index is 13.2. The SMILES string of the molecule is CC(C)(C)C(=O)N1CCN(C(C(=O)Nc2ccc(F)cc2)c2ccccc2)CC1. The summed E-state index contributed by atoms with van der Waals surface area (Å²) in [7, 11) is 0. The molecule has 6 heteroatoms. The van der Waals surface area contributed by atoms with Crippen molar-refractivity contribution in [1.29, 1.82) is 0 Å². The van der Waals surface area contributed by atoms with Gasteiger partial charge in [0, 0.05) is 37.3 Å². The van der Waals surface area contributed by atoms with Crippen LogP contribution in [0.1, 0.15) is 32.4 Å². The van der Waals surface area contributed by atoms with Crippen LogP contribution in [-0.4, -0.2) is 47.8 Å². The van der Waals surface area contributed by atoms with E-state index in [1.54, 1.807) is 12.1 Å². The Hall–Kier alpha value is -2.73. The number of benzene rings is 2. The van der Waals surface area contributed by atoms with Crippen LogP contribution in [0.3, 0.4) is 0 Å². The monoisotopic (exact) mass is 397 g/mol. The molecule has 0 aromatic heterocycles. The van der Waals surface area contributed by atoms with Gasteiger partial charge in [-0.15, -0.1) is 0 Å². The molecule has 1 aliphatic rings. The lowest BCUT2D eigenvalue weighted by atomic mass is 9.94. The highest BCUT2D eigenvalue weighted by Crippen LogP contribution is 2.26. The largest absolute Gasteiger partial charge is 0.340 e. The molecule has 3 rings (SSSR count). The van der Waals surface area contributed by atoms with Crippen molar-refractivity contribution in [1.82, 2.24) is 9.80 Å². The summed E-state index contributed by atoms with van der Waals surface area (Å²) < 4.78 is 13.2. The highest BCUT2D eigenvalue weighted by atomic mass is 19.1. The zero-order valence-electron chi connectivity index (χ0n) is 17.2. The molecule has 0 radical (unpaired) electrons. The average molecular weight is 397 g/mol. The Kier molecular flexibility index (Phi) is 6.33. The summed E-state index contributed by atoms with van der Waals surface area (Å²) in [5.74, 6) is -0.384. The van der Waals surface area contributed by atoms with Gasteiger partial charge in [-0.1, -0.05) is 51.1 Å². The van der Waals surface area contributed by atoms with E-state index in [0.717, 1.165) is 5.56 Å². The first-order valence-corrected chi connectivity index (χ1v) is 9.90. The van der Waals surface area contributed by atoms with Crippen molar-refractivity contribution in [3.05, 3.63) is 66.0 Å². The minimum Gasteiger partial charge on any atom is -0.340 e. The summed E-state index contributed by atoms with van der Waals surface area (Å²) in [5.41, 5.74) is 1.03. The molecule has 2 amide bonds. The summed E-state index contributed by atoms with van der Waals surface area (Å²) >= 11 is 0. The van der Waals surface area contributed by atoms with Crippen molar-refractivity contribution in [2.45, 2.75) is 26.8 Å². The van der Waals surface area contributed by atoms with Crippen LogP contribution in [-0.2, 0) is 9.59 Å². The number of carbonyl (C=O) groups excluding carboxylic acids is 2. The Morgan fingerprint density at radius 2 is 1.52 bits per heavy atom. The lowest BCUT2D eigenvalue weighted by Gasteiger charge is -2.40. The number of piperazine rings is 1. The third-order valence-corrected chi connectivity index (χ3v) is 5.08. The number of carbonyl (C=O) groups is 2. The summed E-state index contributed by atoms with van der Waals surface area (Å²) in [6, 6.07) is 14.9. The fourth-order valence-electron chi connectivity index (χ4n) is 3.56. The number of nitrogens with one attached hydrogen (secondary N) is 1. The molecule has 0 saturated carbocycles. The van der Waals surface area contributed by atoms with Crippen molar-refractivity contribution in [3.8, 4) is 0 Å². The van der Waals surface area contributed by atoms with E-state index in [4.69, 9.17) is 0 Å². The van der Waals surface area contributed by atoms with Gasteiger partial charge >= 0.3 is 0 Å². The van der Waals surface area contributed by atoms with Crippen molar-refractivity contribution >= 4 is 17.5 Å². The van der Waals surface area contributed by atoms with Crippen molar-refractivity contribution in [3.63, 3.8) is 0 Å². The highest BCUT2D eigenvalue weighted by molar-refractivity contribution is 5.95. The second kappa shape index (κ2) is 8.74. The molecule has 5 nitrogen and oxygen atoms in total. The maximum Gasteiger partial charge on any atom is 0.246 e. The summed E-state index contributed by atoms with van der Waals surface area (Å²) in [6.45, 7) is 8.16. The zero-order chi connectivity index (χ0) is 21.0. The van der Waals surface area contributed by atoms with E-state index in [1.807, 2.05) is 56.0 Å². The minimum atomic E-state index is -0.479. The molecule has 1 aliphatic heterocycles. The lowest BCUT2D eigenvalue weighted by molar-refractivity contribution is -0.141. The van der Waals surface area contributed by atoms with Crippen LogP contribution in [0.2, 0.25) is 0 Å². The maximum atomic E-state index is 13.2. The Bertz CT molecular complexity index is 839. The van der Waals surface area contributed by atoms with Gasteiger partial charge in [0.1, 0.15) is 11.9 Å². The number of hydrogen-bond acceptors (Lipinski definition) is 3. The van der Waals surface area contributed by atoms with Gasteiger partial charge in [0.05, 0.1) is 0 Å². The number of amides is 2. The number of halogens is 1. The van der Waals surface area contributed by atoms with Crippen molar-refractivity contribution in [2.24, 2.45) is 5.41 Å². The molecular weight excluding hydrogens is 369 g/mol. The molecule has 1 atom stereocenters. The van der Waals surface area contributed by atoms with Gasteiger partial charge in [0.15, 0.2) is 0 Å². The first-order chi connectivity index (χ1) is 13.8. The van der Waals surface area contributed by atoms with Crippen molar-refractivity contribution < 1.29 is 14.0 Å². The van der Waals surface area contributed by atoms with Gasteiger partial charge in [0.2, 0.25) is 11.8 Å². The van der Waals surface area contributed by atoms with Crippen LogP contribution >= 0.6 is 0 Å². The molecule has 1 heterocycles. The zero-order valence-corrected chi connectivity index (χ0v) is 17.2. The first kappa shape index (κ1) is 21.0. The van der Waals surface area contributed by atoms with Gasteiger partial charge in [-0.25, -0.2) is 4.39 Å². The van der Waals surface area contributed by atoms with E-state index in [9.17, 15) is 14.0 Å². The van der Waals surface area contributed by atoms with Crippen LogP contribution < -0.4 is 5.32 Å².